The number of aliphatic carboxylic acids is 2. The zero-order valence-corrected chi connectivity index (χ0v) is 26.7. The van der Waals surface area contributed by atoms with E-state index in [9.17, 15) is 63.0 Å². The second-order valence-corrected chi connectivity index (χ2v) is 14.0. The Hall–Kier alpha value is -5.30. The predicted octanol–water partition coefficient (Wildman–Crippen LogP) is 5.86. The Balaban J connectivity index is 1.88. The highest BCUT2D eigenvalue weighted by atomic mass is 32.2. The molecule has 0 amide bonds. The van der Waals surface area contributed by atoms with Gasteiger partial charge in [-0.1, -0.05) is 30.3 Å². The molecule has 0 radical (unpaired) electrons. The molecule has 0 bridgehead atoms. The van der Waals surface area contributed by atoms with Gasteiger partial charge in [0.1, 0.15) is 25.4 Å². The minimum atomic E-state index is -4.97. The van der Waals surface area contributed by atoms with Crippen LogP contribution in [-0.4, -0.2) is 52.1 Å². The van der Waals surface area contributed by atoms with Gasteiger partial charge in [-0.05, 0) is 66.2 Å². The van der Waals surface area contributed by atoms with Crippen LogP contribution in [0.25, 0.3) is 0 Å². The molecule has 0 saturated carbocycles. The minimum Gasteiger partial charge on any atom is -0.487 e. The summed E-state index contributed by atoms with van der Waals surface area (Å²) in [5.74, 6) is -3.93. The summed E-state index contributed by atoms with van der Waals surface area (Å²) in [5, 5.41) is 19.2. The molecule has 0 unspecified atom stereocenters. The molecule has 0 spiro atoms. The maximum absolute atomic E-state index is 13.7. The first kappa shape index (κ1) is 37.5. The smallest absolute Gasteiger partial charge is 0.416 e. The summed E-state index contributed by atoms with van der Waals surface area (Å²) >= 11 is 0. The Kier molecular flexibility index (Phi) is 10.7. The number of nitrogens with zero attached hydrogens (tertiary/aromatic N) is 2. The van der Waals surface area contributed by atoms with Crippen LogP contribution < -0.4 is 13.3 Å². The number of ether oxygens (including phenoxy) is 1. The van der Waals surface area contributed by atoms with E-state index < -0.39 is 95.5 Å². The molecule has 266 valence electrons. The average Bonchev–Trinajstić information content (AvgIpc) is 3.04. The van der Waals surface area contributed by atoms with Gasteiger partial charge in [-0.2, -0.15) is 26.3 Å². The minimum absolute atomic E-state index is 0.286. The molecule has 0 heterocycles. The van der Waals surface area contributed by atoms with Crippen molar-refractivity contribution in [1.82, 2.24) is 0 Å². The Labute approximate surface area is 280 Å². The number of carboxylic acids is 2. The van der Waals surface area contributed by atoms with Gasteiger partial charge in [-0.15, -0.1) is 0 Å². The second kappa shape index (κ2) is 14.3. The quantitative estimate of drug-likeness (QED) is 0.160. The molecular weight excluding hydrogens is 722 g/mol. The maximum Gasteiger partial charge on any atom is 0.416 e. The van der Waals surface area contributed by atoms with Crippen molar-refractivity contribution in [2.45, 2.75) is 28.8 Å². The Morgan fingerprint density at radius 3 is 1.50 bits per heavy atom. The molecule has 4 aromatic carbocycles. The summed E-state index contributed by atoms with van der Waals surface area (Å²) in [4.78, 5) is 22.2. The number of hydrogen-bond acceptors (Lipinski definition) is 7. The van der Waals surface area contributed by atoms with Crippen molar-refractivity contribution in [1.29, 1.82) is 0 Å². The first-order valence-corrected chi connectivity index (χ1v) is 16.7. The van der Waals surface area contributed by atoms with Gasteiger partial charge < -0.3 is 14.9 Å². The second-order valence-electron chi connectivity index (χ2n) is 10.3. The van der Waals surface area contributed by atoms with Gasteiger partial charge in [0.25, 0.3) is 20.0 Å². The van der Waals surface area contributed by atoms with E-state index in [0.29, 0.717) is 58.4 Å². The summed E-state index contributed by atoms with van der Waals surface area (Å²) in [6.07, 6.45) is -9.63. The molecule has 0 aromatic heterocycles. The van der Waals surface area contributed by atoms with Crippen LogP contribution in [0.3, 0.4) is 0 Å². The van der Waals surface area contributed by atoms with Crippen molar-refractivity contribution in [3.8, 4) is 5.75 Å². The van der Waals surface area contributed by atoms with Crippen LogP contribution in [0.15, 0.2) is 107 Å². The molecule has 0 atom stereocenters. The van der Waals surface area contributed by atoms with Crippen molar-refractivity contribution in [3.63, 3.8) is 0 Å². The van der Waals surface area contributed by atoms with Crippen molar-refractivity contribution >= 4 is 43.4 Å². The molecule has 2 N–H and O–H groups in total. The topological polar surface area (TPSA) is 159 Å². The van der Waals surface area contributed by atoms with Gasteiger partial charge in [0.15, 0.2) is 0 Å². The van der Waals surface area contributed by atoms with Gasteiger partial charge in [0, 0.05) is 6.07 Å². The number of carbonyl (C=O) groups is 2. The molecule has 4 aromatic rings. The molecule has 0 aliphatic heterocycles. The van der Waals surface area contributed by atoms with Crippen LogP contribution in [-0.2, 0) is 48.6 Å². The summed E-state index contributed by atoms with van der Waals surface area (Å²) in [5.41, 5.74) is -2.91. The fourth-order valence-electron chi connectivity index (χ4n) is 4.46. The summed E-state index contributed by atoms with van der Waals surface area (Å²) in [6, 6.07) is 15.0. The van der Waals surface area contributed by atoms with E-state index in [-0.39, 0.29) is 10.9 Å². The van der Waals surface area contributed by atoms with E-state index >= 15 is 0 Å². The third kappa shape index (κ3) is 8.64. The van der Waals surface area contributed by atoms with E-state index in [1.54, 1.807) is 30.3 Å². The lowest BCUT2D eigenvalue weighted by Gasteiger charge is -2.28. The molecule has 0 saturated heterocycles. The lowest BCUT2D eigenvalue weighted by Crippen LogP contribution is -2.37. The van der Waals surface area contributed by atoms with E-state index in [4.69, 9.17) is 4.74 Å². The maximum atomic E-state index is 13.7. The van der Waals surface area contributed by atoms with Crippen molar-refractivity contribution in [3.05, 3.63) is 114 Å². The standard InChI is InChI=1S/C31H24F6N2O9S2/c32-30(33,34)21-6-11-24(12-7-21)49(44,45)38(17-28(40)41)23-10-15-26(27(16-23)48-19-20-4-2-1-3-5-20)39(18-29(42)43)50(46,47)25-13-8-22(9-14-25)31(35,36)37/h1-16H,17-19H2,(H,40,41)(H,42,43). The number of anilines is 2. The van der Waals surface area contributed by atoms with Crippen LogP contribution in [0.5, 0.6) is 5.75 Å². The number of halogens is 6. The molecule has 50 heavy (non-hydrogen) atoms. The highest BCUT2D eigenvalue weighted by molar-refractivity contribution is 7.93. The number of alkyl halides is 6. The van der Waals surface area contributed by atoms with Gasteiger partial charge in [-0.3, -0.25) is 18.2 Å². The van der Waals surface area contributed by atoms with Crippen LogP contribution in [0.2, 0.25) is 0 Å². The summed E-state index contributed by atoms with van der Waals surface area (Å²) in [7, 11) is -9.89. The Morgan fingerprint density at radius 1 is 0.620 bits per heavy atom. The molecule has 19 heteroatoms. The molecule has 0 aliphatic carbocycles. The normalized spacial score (nSPS) is 12.3. The number of rotatable bonds is 13. The van der Waals surface area contributed by atoms with Crippen molar-refractivity contribution in [2.24, 2.45) is 0 Å². The lowest BCUT2D eigenvalue weighted by molar-refractivity contribution is -0.138. The van der Waals surface area contributed by atoms with Crippen LogP contribution in [0, 0.1) is 0 Å². The first-order chi connectivity index (χ1) is 23.2. The van der Waals surface area contributed by atoms with Gasteiger partial charge in [0.05, 0.1) is 32.3 Å². The van der Waals surface area contributed by atoms with Crippen LogP contribution in [0.1, 0.15) is 16.7 Å². The lowest BCUT2D eigenvalue weighted by atomic mass is 10.2. The van der Waals surface area contributed by atoms with E-state index in [1.807, 2.05) is 0 Å². The number of sulfonamides is 2. The van der Waals surface area contributed by atoms with Gasteiger partial charge >= 0.3 is 24.3 Å². The van der Waals surface area contributed by atoms with Gasteiger partial charge in [-0.25, -0.2) is 16.8 Å². The number of benzene rings is 4. The van der Waals surface area contributed by atoms with E-state index in [0.717, 1.165) is 18.2 Å². The monoisotopic (exact) mass is 746 g/mol. The van der Waals surface area contributed by atoms with Crippen molar-refractivity contribution in [2.75, 3.05) is 21.7 Å². The first-order valence-electron chi connectivity index (χ1n) is 13.9. The predicted molar refractivity (Wildman–Crippen MR) is 164 cm³/mol. The number of hydrogen-bond donors (Lipinski definition) is 2. The summed E-state index contributed by atoms with van der Waals surface area (Å²) < 4.78 is 140. The summed E-state index contributed by atoms with van der Waals surface area (Å²) in [6.45, 7) is -2.90. The third-order valence-corrected chi connectivity index (χ3v) is 10.4. The Bertz CT molecular complexity index is 2070. The SMILES string of the molecule is O=C(O)CN(c1ccc(N(CC(=O)O)S(=O)(=O)c2ccc(C(F)(F)F)cc2)c(OCc2ccccc2)c1)S(=O)(=O)c1ccc(C(F)(F)F)cc1. The van der Waals surface area contributed by atoms with Crippen LogP contribution >= 0.6 is 0 Å². The molecule has 4 rings (SSSR count). The molecule has 0 aliphatic rings. The van der Waals surface area contributed by atoms with Crippen molar-refractivity contribution < 1.29 is 67.7 Å². The van der Waals surface area contributed by atoms with Gasteiger partial charge in [0.2, 0.25) is 0 Å². The third-order valence-electron chi connectivity index (χ3n) is 6.83. The highest BCUT2D eigenvalue weighted by Crippen LogP contribution is 2.39. The molecule has 0 fully saturated rings. The fourth-order valence-corrected chi connectivity index (χ4v) is 7.29. The van der Waals surface area contributed by atoms with E-state index in [1.165, 1.54) is 0 Å². The fraction of sp³-hybridized carbons (Fsp3) is 0.161. The Morgan fingerprint density at radius 2 is 1.06 bits per heavy atom. The molecular formula is C31H24F6N2O9S2. The largest absolute Gasteiger partial charge is 0.487 e. The zero-order valence-electron chi connectivity index (χ0n) is 25.1. The zero-order chi connectivity index (χ0) is 37.1. The van der Waals surface area contributed by atoms with E-state index in [2.05, 4.69) is 0 Å². The average molecular weight is 747 g/mol. The number of carboxylic acid groups (broad SMARTS) is 2. The molecule has 11 nitrogen and oxygen atoms in total. The highest BCUT2D eigenvalue weighted by Gasteiger charge is 2.35. The van der Waals surface area contributed by atoms with Crippen LogP contribution in [0.4, 0.5) is 37.7 Å².